The largest absolute Gasteiger partial charge is 0.467 e. The van der Waals surface area contributed by atoms with Gasteiger partial charge in [-0.2, -0.15) is 0 Å². The summed E-state index contributed by atoms with van der Waals surface area (Å²) < 4.78 is 12.5. The van der Waals surface area contributed by atoms with Gasteiger partial charge in [0, 0.05) is 18.7 Å². The molecule has 0 aromatic heterocycles. The van der Waals surface area contributed by atoms with Crippen LogP contribution in [0.15, 0.2) is 91.0 Å². The van der Waals surface area contributed by atoms with Crippen LogP contribution in [-0.4, -0.2) is 40.1 Å². The van der Waals surface area contributed by atoms with Crippen LogP contribution in [-0.2, 0) is 14.0 Å². The van der Waals surface area contributed by atoms with E-state index in [1.54, 1.807) is 0 Å². The van der Waals surface area contributed by atoms with Crippen molar-refractivity contribution in [3.05, 3.63) is 91.0 Å². The van der Waals surface area contributed by atoms with E-state index < -0.39 is 8.32 Å². The van der Waals surface area contributed by atoms with Gasteiger partial charge in [-0.05, 0) is 27.5 Å². The summed E-state index contributed by atoms with van der Waals surface area (Å²) in [6.45, 7) is 7.48. The molecule has 1 heterocycles. The maximum atomic E-state index is 12.7. The lowest BCUT2D eigenvalue weighted by Crippen LogP contribution is -2.67. The minimum atomic E-state index is -2.70. The molecule has 0 N–H and O–H groups in total. The van der Waals surface area contributed by atoms with E-state index in [1.165, 1.54) is 17.5 Å². The van der Waals surface area contributed by atoms with Crippen molar-refractivity contribution < 1.29 is 14.0 Å². The zero-order chi connectivity index (χ0) is 23.5. The second-order valence-corrected chi connectivity index (χ2v) is 13.9. The first-order valence-electron chi connectivity index (χ1n) is 11.5. The van der Waals surface area contributed by atoms with Crippen LogP contribution in [0.5, 0.6) is 0 Å². The molecule has 2 atom stereocenters. The fourth-order valence-corrected chi connectivity index (χ4v) is 9.77. The number of benzene rings is 3. The van der Waals surface area contributed by atoms with Crippen molar-refractivity contribution in [2.75, 3.05) is 18.6 Å². The predicted molar refractivity (Wildman–Crippen MR) is 137 cm³/mol. The number of carbonyl (C=O) groups excluding carboxylic acids is 1. The Bertz CT molecular complexity index is 1010. The summed E-state index contributed by atoms with van der Waals surface area (Å²) in [6.07, 6.45) is 0.507. The van der Waals surface area contributed by atoms with Gasteiger partial charge in [0.15, 0.2) is 0 Å². The van der Waals surface area contributed by atoms with E-state index in [-0.39, 0.29) is 23.2 Å². The molecular formula is C28H33NO3Si. The number of methoxy groups -OCH3 is 1. The Hall–Kier alpha value is -2.89. The van der Waals surface area contributed by atoms with Gasteiger partial charge in [0.25, 0.3) is 8.32 Å². The molecule has 4 nitrogen and oxygen atoms in total. The minimum absolute atomic E-state index is 0.0967. The molecule has 0 aliphatic carbocycles. The summed E-state index contributed by atoms with van der Waals surface area (Å²) >= 11 is 0. The average Bonchev–Trinajstić information content (AvgIpc) is 3.27. The predicted octanol–water partition coefficient (Wildman–Crippen LogP) is 4.38. The normalized spacial score (nSPS) is 18.8. The second kappa shape index (κ2) is 9.54. The zero-order valence-electron chi connectivity index (χ0n) is 19.9. The van der Waals surface area contributed by atoms with E-state index in [9.17, 15) is 4.79 Å². The fourth-order valence-electron chi connectivity index (χ4n) is 5.09. The maximum absolute atomic E-state index is 12.7. The molecule has 3 aromatic carbocycles. The summed E-state index contributed by atoms with van der Waals surface area (Å²) in [4.78, 5) is 14.9. The molecule has 0 spiro atoms. The van der Waals surface area contributed by atoms with Crippen molar-refractivity contribution in [2.45, 2.75) is 44.4 Å². The van der Waals surface area contributed by atoms with E-state index in [4.69, 9.17) is 9.16 Å². The Morgan fingerprint density at radius 3 is 1.79 bits per heavy atom. The molecule has 5 heteroatoms. The Morgan fingerprint density at radius 2 is 1.33 bits per heavy atom. The molecule has 1 aliphatic rings. The van der Waals surface area contributed by atoms with Crippen LogP contribution in [0, 0.1) is 0 Å². The lowest BCUT2D eigenvalue weighted by Gasteiger charge is -2.44. The first-order valence-corrected chi connectivity index (χ1v) is 13.5. The Kier molecular flexibility index (Phi) is 6.72. The summed E-state index contributed by atoms with van der Waals surface area (Å²) in [6, 6.07) is 31.0. The van der Waals surface area contributed by atoms with E-state index in [1.807, 2.05) is 30.3 Å². The van der Waals surface area contributed by atoms with Gasteiger partial charge < -0.3 is 14.1 Å². The summed E-state index contributed by atoms with van der Waals surface area (Å²) in [7, 11) is -1.24. The van der Waals surface area contributed by atoms with Crippen molar-refractivity contribution in [3.8, 4) is 0 Å². The SMILES string of the molecule is COC(=O)[C@H]1C[C@H](O[Si](c2ccccc2)(c2ccccc2)C(C)(C)C)CN1c1ccccc1. The fraction of sp³-hybridized carbons (Fsp3) is 0.321. The number of ether oxygens (including phenoxy) is 1. The molecule has 0 radical (unpaired) electrons. The van der Waals surface area contributed by atoms with Crippen LogP contribution < -0.4 is 15.3 Å². The first-order chi connectivity index (χ1) is 15.9. The molecule has 172 valence electrons. The third-order valence-corrected chi connectivity index (χ3v) is 11.7. The second-order valence-electron chi connectivity index (χ2n) is 9.67. The van der Waals surface area contributed by atoms with Crippen LogP contribution in [0.3, 0.4) is 0 Å². The molecule has 4 rings (SSSR count). The molecule has 33 heavy (non-hydrogen) atoms. The van der Waals surface area contributed by atoms with Gasteiger partial charge in [0.1, 0.15) is 6.04 Å². The highest BCUT2D eigenvalue weighted by molar-refractivity contribution is 6.99. The van der Waals surface area contributed by atoms with Crippen LogP contribution >= 0.6 is 0 Å². The van der Waals surface area contributed by atoms with E-state index in [0.717, 1.165) is 5.69 Å². The molecule has 0 bridgehead atoms. The van der Waals surface area contributed by atoms with Gasteiger partial charge >= 0.3 is 5.97 Å². The molecule has 0 saturated carbocycles. The molecule has 0 amide bonds. The van der Waals surface area contributed by atoms with Crippen LogP contribution in [0.1, 0.15) is 27.2 Å². The number of rotatable bonds is 6. The van der Waals surface area contributed by atoms with Crippen molar-refractivity contribution in [1.82, 2.24) is 0 Å². The van der Waals surface area contributed by atoms with Gasteiger partial charge in [0.2, 0.25) is 0 Å². The standard InChI is InChI=1S/C28H33NO3Si/c1-28(2,3)33(24-16-10-6-11-17-24,25-18-12-7-13-19-25)32-23-20-26(27(30)31-4)29(21-23)22-14-8-5-9-15-22/h5-19,23,26H,20-21H2,1-4H3/t23-,26+/m0/s1. The smallest absolute Gasteiger partial charge is 0.328 e. The molecule has 3 aromatic rings. The molecular weight excluding hydrogens is 426 g/mol. The Labute approximate surface area is 198 Å². The van der Waals surface area contributed by atoms with Gasteiger partial charge in [-0.3, -0.25) is 0 Å². The van der Waals surface area contributed by atoms with Gasteiger partial charge in [-0.15, -0.1) is 0 Å². The van der Waals surface area contributed by atoms with Gasteiger partial charge in [-0.25, -0.2) is 4.79 Å². The van der Waals surface area contributed by atoms with Crippen molar-refractivity contribution in [2.24, 2.45) is 0 Å². The quantitative estimate of drug-likeness (QED) is 0.405. The van der Waals surface area contributed by atoms with Crippen LogP contribution in [0.4, 0.5) is 5.69 Å². The van der Waals surface area contributed by atoms with E-state index >= 15 is 0 Å². The summed E-state index contributed by atoms with van der Waals surface area (Å²) in [5.74, 6) is -0.215. The monoisotopic (exact) mass is 459 g/mol. The Morgan fingerprint density at radius 1 is 0.848 bits per heavy atom. The number of carbonyl (C=O) groups is 1. The summed E-state index contributed by atoms with van der Waals surface area (Å²) in [5, 5.41) is 2.38. The van der Waals surface area contributed by atoms with E-state index in [2.05, 4.69) is 86.3 Å². The highest BCUT2D eigenvalue weighted by Crippen LogP contribution is 2.39. The summed E-state index contributed by atoms with van der Waals surface area (Å²) in [5.41, 5.74) is 1.02. The first kappa shape index (κ1) is 23.3. The highest BCUT2D eigenvalue weighted by Gasteiger charge is 2.53. The number of esters is 1. The van der Waals surface area contributed by atoms with Gasteiger partial charge in [0.05, 0.1) is 13.2 Å². The van der Waals surface area contributed by atoms with Crippen molar-refractivity contribution >= 4 is 30.3 Å². The number of nitrogens with zero attached hydrogens (tertiary/aromatic N) is 1. The number of anilines is 1. The third-order valence-electron chi connectivity index (χ3n) is 6.58. The number of hydrogen-bond acceptors (Lipinski definition) is 4. The van der Waals surface area contributed by atoms with Crippen molar-refractivity contribution in [1.29, 1.82) is 0 Å². The van der Waals surface area contributed by atoms with Gasteiger partial charge in [-0.1, -0.05) is 99.6 Å². The zero-order valence-corrected chi connectivity index (χ0v) is 20.9. The van der Waals surface area contributed by atoms with Crippen molar-refractivity contribution in [3.63, 3.8) is 0 Å². The molecule has 1 fully saturated rings. The average molecular weight is 460 g/mol. The maximum Gasteiger partial charge on any atom is 0.328 e. The molecule has 1 saturated heterocycles. The lowest BCUT2D eigenvalue weighted by atomic mass is 10.2. The number of hydrogen-bond donors (Lipinski definition) is 0. The van der Waals surface area contributed by atoms with Crippen LogP contribution in [0.2, 0.25) is 5.04 Å². The Balaban J connectivity index is 1.78. The van der Waals surface area contributed by atoms with Crippen LogP contribution in [0.25, 0.3) is 0 Å². The number of para-hydroxylation sites is 1. The minimum Gasteiger partial charge on any atom is -0.467 e. The topological polar surface area (TPSA) is 38.8 Å². The lowest BCUT2D eigenvalue weighted by molar-refractivity contribution is -0.142. The molecule has 1 aliphatic heterocycles. The highest BCUT2D eigenvalue weighted by atomic mass is 28.4. The third kappa shape index (κ3) is 4.48. The molecule has 0 unspecified atom stereocenters. The van der Waals surface area contributed by atoms with E-state index in [0.29, 0.717) is 13.0 Å².